The number of likely N-dealkylation sites (N-methyl/N-ethyl adjacent to an activating group) is 1. The van der Waals surface area contributed by atoms with Crippen molar-refractivity contribution in [3.63, 3.8) is 0 Å². The lowest BCUT2D eigenvalue weighted by molar-refractivity contribution is -0.117. The van der Waals surface area contributed by atoms with Crippen molar-refractivity contribution in [1.82, 2.24) is 10.1 Å². The van der Waals surface area contributed by atoms with Crippen molar-refractivity contribution in [2.45, 2.75) is 20.4 Å². The van der Waals surface area contributed by atoms with Crippen LogP contribution in [0.25, 0.3) is 0 Å². The third-order valence-corrected chi connectivity index (χ3v) is 3.01. The zero-order valence-corrected chi connectivity index (χ0v) is 12.0. The smallest absolute Gasteiger partial charge is 0.239 e. The van der Waals surface area contributed by atoms with E-state index in [0.717, 1.165) is 6.54 Å². The molecule has 1 N–H and O–H groups in total. The minimum Gasteiger partial charge on any atom is -0.360 e. The van der Waals surface area contributed by atoms with Gasteiger partial charge in [0.25, 0.3) is 0 Å². The van der Waals surface area contributed by atoms with E-state index in [2.05, 4.69) is 29.5 Å². The highest BCUT2D eigenvalue weighted by atomic mass is 16.5. The predicted octanol–water partition coefficient (Wildman–Crippen LogP) is 2.36. The van der Waals surface area contributed by atoms with Gasteiger partial charge in [0.05, 0.1) is 6.54 Å². The molecule has 0 radical (unpaired) electrons. The Morgan fingerprint density at radius 1 is 1.35 bits per heavy atom. The second-order valence-corrected chi connectivity index (χ2v) is 4.97. The number of hydrogen-bond donors (Lipinski definition) is 1. The first-order valence-corrected chi connectivity index (χ1v) is 6.51. The van der Waals surface area contributed by atoms with Gasteiger partial charge in [-0.3, -0.25) is 9.69 Å². The summed E-state index contributed by atoms with van der Waals surface area (Å²) in [5, 5.41) is 6.44. The van der Waals surface area contributed by atoms with Gasteiger partial charge in [0.2, 0.25) is 5.91 Å². The summed E-state index contributed by atoms with van der Waals surface area (Å²) in [6.07, 6.45) is 0. The Labute approximate surface area is 118 Å². The fourth-order valence-electron chi connectivity index (χ4n) is 1.99. The standard InChI is InChI=1S/C15H19N3O2/c1-11-6-4-5-7-13(11)9-18(3)10-15(19)16-14-8-12(2)20-17-14/h4-8H,9-10H2,1-3H3,(H,16,17,19). The fourth-order valence-corrected chi connectivity index (χ4v) is 1.99. The molecule has 5 heteroatoms. The minimum absolute atomic E-state index is 0.102. The summed E-state index contributed by atoms with van der Waals surface area (Å²) in [6.45, 7) is 4.90. The zero-order chi connectivity index (χ0) is 14.5. The number of nitrogens with one attached hydrogen (secondary N) is 1. The number of benzene rings is 1. The molecule has 0 spiro atoms. The number of hydrogen-bond acceptors (Lipinski definition) is 4. The molecule has 106 valence electrons. The molecule has 0 aliphatic carbocycles. The molecule has 1 aromatic heterocycles. The van der Waals surface area contributed by atoms with Crippen LogP contribution < -0.4 is 5.32 Å². The number of anilines is 1. The van der Waals surface area contributed by atoms with Crippen LogP contribution >= 0.6 is 0 Å². The summed E-state index contributed by atoms with van der Waals surface area (Å²) in [4.78, 5) is 13.8. The number of carbonyl (C=O) groups is 1. The molecular formula is C15H19N3O2. The van der Waals surface area contributed by atoms with Crippen LogP contribution in [0.15, 0.2) is 34.9 Å². The third kappa shape index (κ3) is 3.93. The van der Waals surface area contributed by atoms with Crippen LogP contribution in [0.4, 0.5) is 5.82 Å². The molecule has 0 saturated heterocycles. The van der Waals surface area contributed by atoms with Gasteiger partial charge in [0.15, 0.2) is 5.82 Å². The number of nitrogens with zero attached hydrogens (tertiary/aromatic N) is 2. The van der Waals surface area contributed by atoms with Crippen LogP contribution in [0.1, 0.15) is 16.9 Å². The summed E-state index contributed by atoms with van der Waals surface area (Å²) < 4.78 is 4.90. The maximum atomic E-state index is 11.9. The lowest BCUT2D eigenvalue weighted by Gasteiger charge is -2.17. The lowest BCUT2D eigenvalue weighted by atomic mass is 10.1. The van der Waals surface area contributed by atoms with Gasteiger partial charge < -0.3 is 9.84 Å². The Morgan fingerprint density at radius 3 is 2.75 bits per heavy atom. The van der Waals surface area contributed by atoms with E-state index in [1.165, 1.54) is 11.1 Å². The Hall–Kier alpha value is -2.14. The lowest BCUT2D eigenvalue weighted by Crippen LogP contribution is -2.30. The molecule has 0 aliphatic heterocycles. The van der Waals surface area contributed by atoms with E-state index in [-0.39, 0.29) is 5.91 Å². The van der Waals surface area contributed by atoms with Crippen LogP contribution in [0.5, 0.6) is 0 Å². The van der Waals surface area contributed by atoms with Gasteiger partial charge in [-0.15, -0.1) is 0 Å². The number of aromatic nitrogens is 1. The Bertz CT molecular complexity index is 592. The van der Waals surface area contributed by atoms with Gasteiger partial charge in [0.1, 0.15) is 5.76 Å². The van der Waals surface area contributed by atoms with Gasteiger partial charge in [-0.05, 0) is 32.0 Å². The highest BCUT2D eigenvalue weighted by molar-refractivity contribution is 5.91. The van der Waals surface area contributed by atoms with Crippen LogP contribution in [0, 0.1) is 13.8 Å². The van der Waals surface area contributed by atoms with Gasteiger partial charge in [-0.25, -0.2) is 0 Å². The monoisotopic (exact) mass is 273 g/mol. The number of amides is 1. The molecule has 0 bridgehead atoms. The van der Waals surface area contributed by atoms with E-state index >= 15 is 0 Å². The van der Waals surface area contributed by atoms with E-state index < -0.39 is 0 Å². The molecule has 0 unspecified atom stereocenters. The summed E-state index contributed by atoms with van der Waals surface area (Å²) in [5.74, 6) is 1.03. The number of carbonyl (C=O) groups excluding carboxylic acids is 1. The van der Waals surface area contributed by atoms with Crippen LogP contribution in [0.3, 0.4) is 0 Å². The van der Waals surface area contributed by atoms with Crippen molar-refractivity contribution < 1.29 is 9.32 Å². The molecule has 1 amide bonds. The van der Waals surface area contributed by atoms with E-state index in [0.29, 0.717) is 18.1 Å². The topological polar surface area (TPSA) is 58.4 Å². The molecule has 1 heterocycles. The Balaban J connectivity index is 1.86. The van der Waals surface area contributed by atoms with Crippen molar-refractivity contribution in [2.24, 2.45) is 0 Å². The average molecular weight is 273 g/mol. The summed E-state index contributed by atoms with van der Waals surface area (Å²) >= 11 is 0. The van der Waals surface area contributed by atoms with Crippen molar-refractivity contribution in [2.75, 3.05) is 18.9 Å². The second-order valence-electron chi connectivity index (χ2n) is 4.97. The molecule has 1 aromatic carbocycles. The van der Waals surface area contributed by atoms with Crippen molar-refractivity contribution in [1.29, 1.82) is 0 Å². The first kappa shape index (κ1) is 14.3. The number of rotatable bonds is 5. The maximum Gasteiger partial charge on any atom is 0.239 e. The van der Waals surface area contributed by atoms with Crippen molar-refractivity contribution in [3.8, 4) is 0 Å². The first-order chi connectivity index (χ1) is 9.54. The van der Waals surface area contributed by atoms with Gasteiger partial charge in [0, 0.05) is 12.6 Å². The normalized spacial score (nSPS) is 10.8. The van der Waals surface area contributed by atoms with E-state index in [4.69, 9.17) is 4.52 Å². The van der Waals surface area contributed by atoms with Crippen LogP contribution in [0.2, 0.25) is 0 Å². The molecule has 0 atom stereocenters. The zero-order valence-electron chi connectivity index (χ0n) is 12.0. The van der Waals surface area contributed by atoms with E-state index in [1.54, 1.807) is 13.0 Å². The molecular weight excluding hydrogens is 254 g/mol. The molecule has 20 heavy (non-hydrogen) atoms. The Kier molecular flexibility index (Phi) is 4.53. The maximum absolute atomic E-state index is 11.9. The molecule has 0 aliphatic rings. The van der Waals surface area contributed by atoms with Gasteiger partial charge in [-0.1, -0.05) is 29.4 Å². The molecule has 2 rings (SSSR count). The second kappa shape index (κ2) is 6.34. The summed E-state index contributed by atoms with van der Waals surface area (Å²) in [6, 6.07) is 9.86. The fraction of sp³-hybridized carbons (Fsp3) is 0.333. The van der Waals surface area contributed by atoms with Crippen LogP contribution in [-0.2, 0) is 11.3 Å². The molecule has 0 fully saturated rings. The highest BCUT2D eigenvalue weighted by Gasteiger charge is 2.10. The minimum atomic E-state index is -0.102. The SMILES string of the molecule is Cc1cc(NC(=O)CN(C)Cc2ccccc2C)no1. The highest BCUT2D eigenvalue weighted by Crippen LogP contribution is 2.10. The van der Waals surface area contributed by atoms with E-state index in [9.17, 15) is 4.79 Å². The largest absolute Gasteiger partial charge is 0.360 e. The third-order valence-electron chi connectivity index (χ3n) is 3.01. The summed E-state index contributed by atoms with van der Waals surface area (Å²) in [5.41, 5.74) is 2.45. The van der Waals surface area contributed by atoms with Gasteiger partial charge >= 0.3 is 0 Å². The van der Waals surface area contributed by atoms with Crippen molar-refractivity contribution >= 4 is 11.7 Å². The Morgan fingerprint density at radius 2 is 2.10 bits per heavy atom. The first-order valence-electron chi connectivity index (χ1n) is 6.51. The van der Waals surface area contributed by atoms with E-state index in [1.807, 2.05) is 24.1 Å². The predicted molar refractivity (Wildman–Crippen MR) is 77.4 cm³/mol. The molecule has 5 nitrogen and oxygen atoms in total. The van der Waals surface area contributed by atoms with Crippen molar-refractivity contribution in [3.05, 3.63) is 47.2 Å². The average Bonchev–Trinajstić information content (AvgIpc) is 2.77. The van der Waals surface area contributed by atoms with Crippen LogP contribution in [-0.4, -0.2) is 29.6 Å². The van der Waals surface area contributed by atoms with Gasteiger partial charge in [-0.2, -0.15) is 0 Å². The molecule has 2 aromatic rings. The molecule has 0 saturated carbocycles. The number of aryl methyl sites for hydroxylation is 2. The quantitative estimate of drug-likeness (QED) is 0.908. The summed E-state index contributed by atoms with van der Waals surface area (Å²) in [7, 11) is 1.92.